The van der Waals surface area contributed by atoms with E-state index in [1.807, 2.05) is 49.1 Å². The van der Waals surface area contributed by atoms with Gasteiger partial charge in [0, 0.05) is 30.3 Å². The maximum atomic E-state index is 13.5. The summed E-state index contributed by atoms with van der Waals surface area (Å²) in [4.78, 5) is 28.9. The van der Waals surface area contributed by atoms with Crippen molar-refractivity contribution in [1.29, 1.82) is 0 Å². The number of amides is 1. The second-order valence-electron chi connectivity index (χ2n) is 8.53. The minimum Gasteiger partial charge on any atom is -0.482 e. The molecule has 3 rings (SSSR count). The maximum Gasteiger partial charge on any atom is 0.311 e. The van der Waals surface area contributed by atoms with E-state index in [0.29, 0.717) is 11.1 Å². The number of carbonyl (C=O) groups is 1. The van der Waals surface area contributed by atoms with Gasteiger partial charge < -0.3 is 14.4 Å². The summed E-state index contributed by atoms with van der Waals surface area (Å²) in [5.74, 6) is 0.0157. The molecule has 2 aromatic carbocycles. The molecule has 0 bridgehead atoms. The molecule has 8 heteroatoms. The summed E-state index contributed by atoms with van der Waals surface area (Å²) in [5.41, 5.74) is 1.77. The Hall–Kier alpha value is -2.87. The Labute approximate surface area is 184 Å². The van der Waals surface area contributed by atoms with E-state index in [1.54, 1.807) is 13.0 Å². The van der Waals surface area contributed by atoms with Crippen molar-refractivity contribution >= 4 is 19.6 Å². The lowest BCUT2D eigenvalue weighted by atomic mass is 9.97. The number of hydrogen-bond acceptors (Lipinski definition) is 5. The first-order chi connectivity index (χ1) is 14.8. The van der Waals surface area contributed by atoms with Gasteiger partial charge in [-0.25, -0.2) is 0 Å². The van der Waals surface area contributed by atoms with Crippen LogP contribution >= 0.6 is 0 Å². The van der Waals surface area contributed by atoms with Gasteiger partial charge in [0.2, 0.25) is 0 Å². The number of nitro benzene ring substituents is 1. The first-order valence-electron chi connectivity index (χ1n) is 10.7. The highest BCUT2D eigenvalue weighted by molar-refractivity contribution is 6.04. The van der Waals surface area contributed by atoms with E-state index in [-0.39, 0.29) is 36.0 Å². The monoisotopic (exact) mass is 423 g/mol. The Balaban J connectivity index is 1.90. The van der Waals surface area contributed by atoms with Crippen molar-refractivity contribution in [1.82, 2.24) is 9.71 Å². The summed E-state index contributed by atoms with van der Waals surface area (Å²) in [6.07, 6.45) is 1.97. The van der Waals surface area contributed by atoms with Gasteiger partial charge in [-0.3, -0.25) is 14.9 Å². The summed E-state index contributed by atoms with van der Waals surface area (Å²) >= 11 is 0. The van der Waals surface area contributed by atoms with Gasteiger partial charge in [-0.15, -0.1) is 0 Å². The molecule has 1 atom stereocenters. The Morgan fingerprint density at radius 3 is 2.65 bits per heavy atom. The van der Waals surface area contributed by atoms with Gasteiger partial charge >= 0.3 is 5.69 Å². The summed E-state index contributed by atoms with van der Waals surface area (Å²) in [6, 6.07) is 12.6. The molecule has 0 N–H and O–H groups in total. The van der Waals surface area contributed by atoms with Gasteiger partial charge in [0.15, 0.2) is 13.7 Å². The molecule has 0 spiro atoms. The number of nitrogens with zero attached hydrogens (tertiary/aromatic N) is 3. The zero-order valence-electron chi connectivity index (χ0n) is 18.7. The number of rotatable bonds is 7. The quantitative estimate of drug-likeness (QED) is 0.388. The third kappa shape index (κ3) is 5.44. The van der Waals surface area contributed by atoms with Crippen LogP contribution in [0.2, 0.25) is 0 Å². The van der Waals surface area contributed by atoms with Crippen molar-refractivity contribution in [3.8, 4) is 5.75 Å². The molecule has 1 heterocycles. The standard InChI is InChI=1S/C23H30BN3O4/c1-16(2)26(19-10-7-11-25(24)14-19)23(28)20-13-21(27(29)30)22(12-17(20)3)31-15-18-8-5-4-6-9-18/h4-6,8-9,12-13,16,19H,7,10-11,14-15,24H2,1-3H3/t19-/m1/s1. The lowest BCUT2D eigenvalue weighted by Crippen LogP contribution is -2.52. The van der Waals surface area contributed by atoms with Crippen LogP contribution in [0.3, 0.4) is 0 Å². The van der Waals surface area contributed by atoms with Crippen molar-refractivity contribution in [2.75, 3.05) is 13.1 Å². The van der Waals surface area contributed by atoms with Gasteiger partial charge in [-0.1, -0.05) is 30.3 Å². The smallest absolute Gasteiger partial charge is 0.311 e. The van der Waals surface area contributed by atoms with Crippen LogP contribution in [0.5, 0.6) is 5.75 Å². The van der Waals surface area contributed by atoms with E-state index >= 15 is 0 Å². The molecule has 1 aliphatic heterocycles. The molecule has 1 saturated heterocycles. The van der Waals surface area contributed by atoms with Crippen LogP contribution in [0.15, 0.2) is 42.5 Å². The molecule has 0 unspecified atom stereocenters. The lowest BCUT2D eigenvalue weighted by molar-refractivity contribution is -0.386. The molecule has 1 aliphatic rings. The predicted octanol–water partition coefficient (Wildman–Crippen LogP) is 3.35. The number of ether oxygens (including phenoxy) is 1. The number of nitro groups is 1. The van der Waals surface area contributed by atoms with E-state index in [9.17, 15) is 14.9 Å². The second-order valence-corrected chi connectivity index (χ2v) is 8.53. The molecular weight excluding hydrogens is 393 g/mol. The van der Waals surface area contributed by atoms with Crippen LogP contribution in [-0.2, 0) is 6.61 Å². The molecular formula is C23H30BN3O4. The molecule has 1 fully saturated rings. The number of hydrogen-bond donors (Lipinski definition) is 0. The van der Waals surface area contributed by atoms with Crippen molar-refractivity contribution in [2.45, 2.75) is 52.3 Å². The van der Waals surface area contributed by atoms with Gasteiger partial charge in [-0.05, 0) is 57.4 Å². The van der Waals surface area contributed by atoms with Crippen LogP contribution in [0.25, 0.3) is 0 Å². The molecule has 0 aliphatic carbocycles. The minimum absolute atomic E-state index is 0.00327. The predicted molar refractivity (Wildman–Crippen MR) is 123 cm³/mol. The van der Waals surface area contributed by atoms with Gasteiger partial charge in [0.05, 0.1) is 4.92 Å². The van der Waals surface area contributed by atoms with Crippen LogP contribution in [0.1, 0.15) is 48.2 Å². The summed E-state index contributed by atoms with van der Waals surface area (Å²) < 4.78 is 5.77. The zero-order chi connectivity index (χ0) is 22.5. The third-order valence-corrected chi connectivity index (χ3v) is 5.75. The number of aryl methyl sites for hydroxylation is 1. The normalized spacial score (nSPS) is 16.8. The first-order valence-corrected chi connectivity index (χ1v) is 10.7. The molecule has 31 heavy (non-hydrogen) atoms. The van der Waals surface area contributed by atoms with Gasteiger partial charge in [0.1, 0.15) is 6.61 Å². The molecule has 0 saturated carbocycles. The van der Waals surface area contributed by atoms with Crippen LogP contribution in [0, 0.1) is 17.0 Å². The number of benzene rings is 2. The van der Waals surface area contributed by atoms with Crippen molar-refractivity contribution in [3.63, 3.8) is 0 Å². The first kappa shape index (κ1) is 22.8. The van der Waals surface area contributed by atoms with Crippen LogP contribution < -0.4 is 4.74 Å². The van der Waals surface area contributed by atoms with E-state index in [2.05, 4.69) is 12.8 Å². The highest BCUT2D eigenvalue weighted by Gasteiger charge is 2.32. The fourth-order valence-electron chi connectivity index (χ4n) is 4.22. The van der Waals surface area contributed by atoms with Crippen LogP contribution in [0.4, 0.5) is 5.69 Å². The average Bonchev–Trinajstić information content (AvgIpc) is 2.72. The highest BCUT2D eigenvalue weighted by atomic mass is 16.6. The number of piperidine rings is 1. The molecule has 164 valence electrons. The lowest BCUT2D eigenvalue weighted by Gasteiger charge is -2.40. The Morgan fingerprint density at radius 1 is 1.32 bits per heavy atom. The fraction of sp³-hybridized carbons (Fsp3) is 0.435. The van der Waals surface area contributed by atoms with E-state index < -0.39 is 4.92 Å². The van der Waals surface area contributed by atoms with Crippen molar-refractivity contribution in [2.24, 2.45) is 0 Å². The third-order valence-electron chi connectivity index (χ3n) is 5.75. The fourth-order valence-corrected chi connectivity index (χ4v) is 4.22. The minimum atomic E-state index is -0.482. The van der Waals surface area contributed by atoms with E-state index in [0.717, 1.165) is 31.5 Å². The molecule has 0 radical (unpaired) electrons. The van der Waals surface area contributed by atoms with Gasteiger partial charge in [0.25, 0.3) is 5.91 Å². The Morgan fingerprint density at radius 2 is 2.03 bits per heavy atom. The SMILES string of the molecule is BN1CCC[C@@H](N(C(=O)c2cc([N+](=O)[O-])c(OCc3ccccc3)cc2C)C(C)C)C1. The largest absolute Gasteiger partial charge is 0.482 e. The second kappa shape index (κ2) is 9.96. The topological polar surface area (TPSA) is 75.9 Å². The molecule has 7 nitrogen and oxygen atoms in total. The molecule has 2 aromatic rings. The summed E-state index contributed by atoms with van der Waals surface area (Å²) in [6.45, 7) is 7.85. The van der Waals surface area contributed by atoms with Crippen LogP contribution in [-0.4, -0.2) is 53.7 Å². The number of carbonyl (C=O) groups excluding carboxylic acids is 1. The molecule has 1 amide bonds. The maximum absolute atomic E-state index is 13.5. The van der Waals surface area contributed by atoms with Crippen molar-refractivity contribution < 1.29 is 14.5 Å². The van der Waals surface area contributed by atoms with Crippen molar-refractivity contribution in [3.05, 3.63) is 69.3 Å². The highest BCUT2D eigenvalue weighted by Crippen LogP contribution is 2.33. The van der Waals surface area contributed by atoms with E-state index in [1.165, 1.54) is 6.07 Å². The molecule has 0 aromatic heterocycles. The summed E-state index contributed by atoms with van der Waals surface area (Å²) in [7, 11) is 2.06. The van der Waals surface area contributed by atoms with Gasteiger partial charge in [-0.2, -0.15) is 0 Å². The Kier molecular flexibility index (Phi) is 7.33. The van der Waals surface area contributed by atoms with E-state index in [4.69, 9.17) is 4.74 Å². The average molecular weight is 423 g/mol. The zero-order valence-corrected chi connectivity index (χ0v) is 18.7. The Bertz CT molecular complexity index is 936. The summed E-state index contributed by atoms with van der Waals surface area (Å²) in [5, 5.41) is 11.8.